The molecule has 25 heavy (non-hydrogen) atoms. The third-order valence-corrected chi connectivity index (χ3v) is 4.34. The van der Waals surface area contributed by atoms with Crippen LogP contribution in [0.15, 0.2) is 42.6 Å². The zero-order valence-corrected chi connectivity index (χ0v) is 14.0. The Balaban J connectivity index is 1.49. The Hall–Kier alpha value is -3.09. The zero-order chi connectivity index (χ0) is 17.2. The van der Waals surface area contributed by atoms with Crippen LogP contribution in [0, 0.1) is 6.92 Å². The molecule has 126 valence electrons. The smallest absolute Gasteiger partial charge is 0.293 e. The van der Waals surface area contributed by atoms with Crippen LogP contribution in [0.25, 0.3) is 11.0 Å². The quantitative estimate of drug-likeness (QED) is 0.710. The summed E-state index contributed by atoms with van der Waals surface area (Å²) < 4.78 is 0. The number of piperazine rings is 1. The molecule has 1 aliphatic heterocycles. The van der Waals surface area contributed by atoms with Crippen LogP contribution in [0.4, 0.5) is 5.82 Å². The van der Waals surface area contributed by atoms with E-state index in [2.05, 4.69) is 25.1 Å². The lowest BCUT2D eigenvalue weighted by molar-refractivity contribution is 0.0733. The highest BCUT2D eigenvalue weighted by Crippen LogP contribution is 2.15. The summed E-state index contributed by atoms with van der Waals surface area (Å²) in [5.74, 6) is 0.926. The molecule has 0 spiro atoms. The number of hydrogen-bond donors (Lipinski definition) is 0. The predicted molar refractivity (Wildman–Crippen MR) is 94.4 cm³/mol. The van der Waals surface area contributed by atoms with E-state index in [1.807, 2.05) is 43.3 Å². The van der Waals surface area contributed by atoms with Crippen molar-refractivity contribution in [2.24, 2.45) is 0 Å². The SMILES string of the molecule is Cc1ccc2nnc(C(=O)N3CCN(c4ccccn4)CC3)nc2c1. The van der Waals surface area contributed by atoms with E-state index in [9.17, 15) is 4.79 Å². The van der Waals surface area contributed by atoms with Crippen LogP contribution < -0.4 is 4.90 Å². The number of amides is 1. The number of aromatic nitrogens is 4. The number of pyridine rings is 1. The lowest BCUT2D eigenvalue weighted by Crippen LogP contribution is -2.49. The number of fused-ring (bicyclic) bond motifs is 1. The number of carbonyl (C=O) groups is 1. The van der Waals surface area contributed by atoms with Gasteiger partial charge in [-0.15, -0.1) is 10.2 Å². The van der Waals surface area contributed by atoms with Gasteiger partial charge in [0.25, 0.3) is 5.91 Å². The summed E-state index contributed by atoms with van der Waals surface area (Å²) in [5, 5.41) is 8.13. The highest BCUT2D eigenvalue weighted by atomic mass is 16.2. The molecule has 3 aromatic rings. The maximum absolute atomic E-state index is 12.7. The molecule has 7 nitrogen and oxygen atoms in total. The molecule has 1 fully saturated rings. The first-order chi connectivity index (χ1) is 12.2. The largest absolute Gasteiger partial charge is 0.353 e. The van der Waals surface area contributed by atoms with Gasteiger partial charge in [-0.2, -0.15) is 0 Å². The van der Waals surface area contributed by atoms with Crippen molar-refractivity contribution in [3.8, 4) is 0 Å². The minimum atomic E-state index is -0.170. The minimum absolute atomic E-state index is 0.157. The second kappa shape index (κ2) is 6.43. The fourth-order valence-electron chi connectivity index (χ4n) is 2.96. The second-order valence-corrected chi connectivity index (χ2v) is 6.09. The summed E-state index contributed by atoms with van der Waals surface area (Å²) in [6.07, 6.45) is 1.78. The molecule has 0 aliphatic carbocycles. The highest BCUT2D eigenvalue weighted by molar-refractivity contribution is 5.92. The van der Waals surface area contributed by atoms with Crippen LogP contribution in [0.1, 0.15) is 16.2 Å². The predicted octanol–water partition coefficient (Wildman–Crippen LogP) is 1.69. The number of aryl methyl sites for hydroxylation is 1. The molecule has 0 saturated carbocycles. The van der Waals surface area contributed by atoms with Gasteiger partial charge in [-0.25, -0.2) is 9.97 Å². The lowest BCUT2D eigenvalue weighted by Gasteiger charge is -2.34. The van der Waals surface area contributed by atoms with Crippen molar-refractivity contribution >= 4 is 22.8 Å². The second-order valence-electron chi connectivity index (χ2n) is 6.09. The molecule has 0 bridgehead atoms. The van der Waals surface area contributed by atoms with E-state index >= 15 is 0 Å². The number of hydrogen-bond acceptors (Lipinski definition) is 6. The molecule has 2 aromatic heterocycles. The zero-order valence-electron chi connectivity index (χ0n) is 14.0. The third kappa shape index (κ3) is 3.13. The molecule has 7 heteroatoms. The van der Waals surface area contributed by atoms with Crippen molar-refractivity contribution in [3.05, 3.63) is 54.0 Å². The third-order valence-electron chi connectivity index (χ3n) is 4.34. The summed E-state index contributed by atoms with van der Waals surface area (Å²) in [5.41, 5.74) is 2.47. The summed E-state index contributed by atoms with van der Waals surface area (Å²) in [4.78, 5) is 25.4. The maximum atomic E-state index is 12.7. The van der Waals surface area contributed by atoms with Gasteiger partial charge in [0.2, 0.25) is 5.82 Å². The standard InChI is InChI=1S/C18H18N6O/c1-13-5-6-14-15(12-13)20-17(22-21-14)18(25)24-10-8-23(9-11-24)16-4-2-3-7-19-16/h2-7,12H,8-11H2,1H3. The van der Waals surface area contributed by atoms with Crippen molar-refractivity contribution in [2.75, 3.05) is 31.1 Å². The molecule has 4 rings (SSSR count). The van der Waals surface area contributed by atoms with Gasteiger partial charge >= 0.3 is 0 Å². The van der Waals surface area contributed by atoms with Crippen LogP contribution >= 0.6 is 0 Å². The number of rotatable bonds is 2. The Labute approximate surface area is 145 Å². The lowest BCUT2D eigenvalue weighted by atomic mass is 10.2. The van der Waals surface area contributed by atoms with E-state index in [-0.39, 0.29) is 11.7 Å². The van der Waals surface area contributed by atoms with E-state index in [0.717, 1.165) is 24.5 Å². The van der Waals surface area contributed by atoms with E-state index < -0.39 is 0 Å². The molecule has 0 N–H and O–H groups in total. The Bertz CT molecular complexity index is 906. The van der Waals surface area contributed by atoms with E-state index in [1.54, 1.807) is 11.1 Å². The molecule has 1 saturated heterocycles. The molecule has 1 amide bonds. The van der Waals surface area contributed by atoms with Crippen LogP contribution in [-0.4, -0.2) is 57.2 Å². The molecular formula is C18H18N6O. The summed E-state index contributed by atoms with van der Waals surface area (Å²) in [6.45, 7) is 4.70. The van der Waals surface area contributed by atoms with Gasteiger partial charge < -0.3 is 9.80 Å². The first kappa shape index (κ1) is 15.4. The van der Waals surface area contributed by atoms with Crippen LogP contribution in [0.3, 0.4) is 0 Å². The van der Waals surface area contributed by atoms with Gasteiger partial charge in [-0.3, -0.25) is 4.79 Å². The molecular weight excluding hydrogens is 316 g/mol. The first-order valence-corrected chi connectivity index (χ1v) is 8.27. The average Bonchev–Trinajstić information content (AvgIpc) is 2.67. The number of carbonyl (C=O) groups excluding carboxylic acids is 1. The summed E-state index contributed by atoms with van der Waals surface area (Å²) in [7, 11) is 0. The molecule has 1 aromatic carbocycles. The Morgan fingerprint density at radius 2 is 1.84 bits per heavy atom. The topological polar surface area (TPSA) is 75.1 Å². The van der Waals surface area contributed by atoms with E-state index in [0.29, 0.717) is 24.1 Å². The van der Waals surface area contributed by atoms with Crippen molar-refractivity contribution in [1.82, 2.24) is 25.1 Å². The molecule has 3 heterocycles. The van der Waals surface area contributed by atoms with Gasteiger partial charge in [-0.1, -0.05) is 12.1 Å². The minimum Gasteiger partial charge on any atom is -0.353 e. The molecule has 0 unspecified atom stereocenters. The van der Waals surface area contributed by atoms with Gasteiger partial charge in [0, 0.05) is 32.4 Å². The van der Waals surface area contributed by atoms with Crippen LogP contribution in [0.5, 0.6) is 0 Å². The maximum Gasteiger partial charge on any atom is 0.293 e. The first-order valence-electron chi connectivity index (χ1n) is 8.27. The van der Waals surface area contributed by atoms with Gasteiger partial charge in [0.1, 0.15) is 11.3 Å². The van der Waals surface area contributed by atoms with Crippen molar-refractivity contribution < 1.29 is 4.79 Å². The normalized spacial score (nSPS) is 14.8. The van der Waals surface area contributed by atoms with Crippen molar-refractivity contribution in [2.45, 2.75) is 6.92 Å². The number of benzene rings is 1. The number of anilines is 1. The summed E-state index contributed by atoms with van der Waals surface area (Å²) >= 11 is 0. The fraction of sp³-hybridized carbons (Fsp3) is 0.278. The van der Waals surface area contributed by atoms with Crippen molar-refractivity contribution in [1.29, 1.82) is 0 Å². The Morgan fingerprint density at radius 1 is 1.00 bits per heavy atom. The average molecular weight is 334 g/mol. The monoisotopic (exact) mass is 334 g/mol. The summed E-state index contributed by atoms with van der Waals surface area (Å²) in [6, 6.07) is 11.6. The number of nitrogens with zero attached hydrogens (tertiary/aromatic N) is 6. The van der Waals surface area contributed by atoms with Gasteiger partial charge in [-0.05, 0) is 36.8 Å². The molecule has 0 atom stereocenters. The van der Waals surface area contributed by atoms with E-state index in [1.165, 1.54) is 0 Å². The molecule has 0 radical (unpaired) electrons. The van der Waals surface area contributed by atoms with E-state index in [4.69, 9.17) is 0 Å². The Morgan fingerprint density at radius 3 is 2.60 bits per heavy atom. The molecule has 1 aliphatic rings. The van der Waals surface area contributed by atoms with Crippen LogP contribution in [0.2, 0.25) is 0 Å². The van der Waals surface area contributed by atoms with Gasteiger partial charge in [0.15, 0.2) is 0 Å². The Kier molecular flexibility index (Phi) is 3.97. The van der Waals surface area contributed by atoms with Gasteiger partial charge in [0.05, 0.1) is 5.52 Å². The van der Waals surface area contributed by atoms with Crippen molar-refractivity contribution in [3.63, 3.8) is 0 Å². The fourth-order valence-corrected chi connectivity index (χ4v) is 2.96. The van der Waals surface area contributed by atoms with Crippen LogP contribution in [-0.2, 0) is 0 Å². The highest BCUT2D eigenvalue weighted by Gasteiger charge is 2.25.